The van der Waals surface area contributed by atoms with Crippen LogP contribution in [0.2, 0.25) is 0 Å². The molecule has 9 nitrogen and oxygen atoms in total. The van der Waals surface area contributed by atoms with Gasteiger partial charge in [0.05, 0.1) is 22.0 Å². The molecule has 3 rings (SSSR count). The summed E-state index contributed by atoms with van der Waals surface area (Å²) in [4.78, 5) is 37.2. The fourth-order valence-electron chi connectivity index (χ4n) is 2.37. The van der Waals surface area contributed by atoms with E-state index < -0.39 is 16.2 Å². The molecule has 0 unspecified atom stereocenters. The van der Waals surface area contributed by atoms with Crippen LogP contribution in [0.5, 0.6) is 5.75 Å². The molecule has 1 aromatic heterocycles. The molecule has 0 aliphatic carbocycles. The summed E-state index contributed by atoms with van der Waals surface area (Å²) in [6.07, 6.45) is 1.03. The number of nitro groups is 1. The first-order valence-electron chi connectivity index (χ1n) is 7.15. The number of aromatic amines is 1. The summed E-state index contributed by atoms with van der Waals surface area (Å²) in [5.74, 6) is -0.223. The number of nitrogens with one attached hydrogen (secondary N) is 1. The third-order valence-electron chi connectivity index (χ3n) is 3.62. The van der Waals surface area contributed by atoms with Gasteiger partial charge in [-0.3, -0.25) is 14.9 Å². The highest BCUT2D eigenvalue weighted by molar-refractivity contribution is 5.85. The van der Waals surface area contributed by atoms with Crippen molar-refractivity contribution in [1.29, 1.82) is 0 Å². The molecule has 0 spiro atoms. The van der Waals surface area contributed by atoms with E-state index in [0.29, 0.717) is 10.2 Å². The summed E-state index contributed by atoms with van der Waals surface area (Å²) in [5, 5.41) is 25.0. The van der Waals surface area contributed by atoms with Crippen molar-refractivity contribution in [3.63, 3.8) is 0 Å². The van der Waals surface area contributed by atoms with Crippen LogP contribution in [-0.2, 0) is 0 Å². The van der Waals surface area contributed by atoms with Gasteiger partial charge in [0.25, 0.3) is 11.2 Å². The number of rotatable bonds is 3. The van der Waals surface area contributed by atoms with Crippen molar-refractivity contribution in [3.05, 3.63) is 78.5 Å². The van der Waals surface area contributed by atoms with Gasteiger partial charge in [-0.2, -0.15) is 5.10 Å². The summed E-state index contributed by atoms with van der Waals surface area (Å²) in [6.45, 7) is 1.49. The molecule has 0 radical (unpaired) electrons. The Bertz CT molecular complexity index is 1140. The molecule has 2 N–H and O–H groups in total. The second-order valence-corrected chi connectivity index (χ2v) is 5.29. The Morgan fingerprint density at radius 3 is 2.72 bits per heavy atom. The molecule has 1 heterocycles. The lowest BCUT2D eigenvalue weighted by Gasteiger charge is -2.04. The predicted octanol–water partition coefficient (Wildman–Crippen LogP) is 1.49. The number of benzene rings is 2. The van der Waals surface area contributed by atoms with E-state index in [2.05, 4.69) is 10.1 Å². The Kier molecular flexibility index (Phi) is 3.89. The molecule has 0 saturated heterocycles. The highest BCUT2D eigenvalue weighted by atomic mass is 16.6. The fourth-order valence-corrected chi connectivity index (χ4v) is 2.37. The van der Waals surface area contributed by atoms with Gasteiger partial charge in [-0.1, -0.05) is 12.1 Å². The Balaban J connectivity index is 2.15. The van der Waals surface area contributed by atoms with Crippen molar-refractivity contribution in [1.82, 2.24) is 9.66 Å². The van der Waals surface area contributed by atoms with Crippen molar-refractivity contribution in [3.8, 4) is 5.75 Å². The number of aromatic hydroxyl groups is 1. The highest BCUT2D eigenvalue weighted by Gasteiger charge is 2.13. The number of H-pyrrole nitrogens is 1. The molecule has 25 heavy (non-hydrogen) atoms. The van der Waals surface area contributed by atoms with E-state index in [1.807, 2.05) is 0 Å². The lowest BCUT2D eigenvalue weighted by Crippen LogP contribution is -2.32. The van der Waals surface area contributed by atoms with Crippen molar-refractivity contribution in [2.45, 2.75) is 6.92 Å². The van der Waals surface area contributed by atoms with Gasteiger partial charge in [0, 0.05) is 17.7 Å². The molecule has 0 bridgehead atoms. The molecule has 0 aliphatic heterocycles. The van der Waals surface area contributed by atoms with Gasteiger partial charge in [0.15, 0.2) is 0 Å². The molecule has 0 saturated carbocycles. The largest absolute Gasteiger partial charge is 0.507 e. The lowest BCUT2D eigenvalue weighted by molar-refractivity contribution is -0.384. The molecular weight excluding hydrogens is 328 g/mol. The zero-order chi connectivity index (χ0) is 18.1. The maximum atomic E-state index is 12.4. The van der Waals surface area contributed by atoms with Crippen LogP contribution in [0.4, 0.5) is 5.69 Å². The van der Waals surface area contributed by atoms with Crippen molar-refractivity contribution in [2.24, 2.45) is 5.10 Å². The highest BCUT2D eigenvalue weighted by Crippen LogP contribution is 2.26. The maximum Gasteiger partial charge on any atom is 0.349 e. The Hall–Kier alpha value is -3.75. The monoisotopic (exact) mass is 340 g/mol. The fraction of sp³-hybridized carbons (Fsp3) is 0.0625. The van der Waals surface area contributed by atoms with E-state index in [1.165, 1.54) is 19.1 Å². The van der Waals surface area contributed by atoms with E-state index in [4.69, 9.17) is 0 Å². The van der Waals surface area contributed by atoms with E-state index in [0.717, 1.165) is 12.3 Å². The summed E-state index contributed by atoms with van der Waals surface area (Å²) in [5.41, 5.74) is -0.977. The van der Waals surface area contributed by atoms with Crippen LogP contribution in [0.3, 0.4) is 0 Å². The van der Waals surface area contributed by atoms with E-state index in [1.54, 1.807) is 18.2 Å². The molecule has 0 aliphatic rings. The number of nitrogens with zero attached hydrogens (tertiary/aromatic N) is 3. The summed E-state index contributed by atoms with van der Waals surface area (Å²) < 4.78 is 0.593. The number of non-ortho nitro benzene ring substituents is 1. The number of hydrogen-bond donors (Lipinski definition) is 2. The average molecular weight is 340 g/mol. The van der Waals surface area contributed by atoms with E-state index in [9.17, 15) is 24.8 Å². The molecule has 3 aromatic rings. The van der Waals surface area contributed by atoms with E-state index in [-0.39, 0.29) is 28.0 Å². The van der Waals surface area contributed by atoms with Gasteiger partial charge in [0.2, 0.25) is 0 Å². The number of phenolic OH excluding ortho intramolecular Hbond substituents is 1. The Morgan fingerprint density at radius 1 is 1.28 bits per heavy atom. The van der Waals surface area contributed by atoms with Crippen LogP contribution in [0.1, 0.15) is 11.1 Å². The first-order valence-corrected chi connectivity index (χ1v) is 7.15. The molecule has 0 fully saturated rings. The molecule has 2 aromatic carbocycles. The molecule has 126 valence electrons. The number of aryl methyl sites for hydroxylation is 1. The Labute approximate surface area is 139 Å². The van der Waals surface area contributed by atoms with Crippen LogP contribution in [0.15, 0.2) is 51.1 Å². The van der Waals surface area contributed by atoms with Crippen molar-refractivity contribution >= 4 is 22.8 Å². The zero-order valence-electron chi connectivity index (χ0n) is 13.0. The Morgan fingerprint density at radius 2 is 2.00 bits per heavy atom. The molecule has 9 heteroatoms. The van der Waals surface area contributed by atoms with Gasteiger partial charge in [0.1, 0.15) is 5.75 Å². The van der Waals surface area contributed by atoms with Gasteiger partial charge in [-0.25, -0.2) is 4.79 Å². The standard InChI is InChI=1S/C16H12N4O5/c1-9-6-11(20(24)25)7-10(14(9)21)8-17-19-15(22)12-4-2-3-5-13(12)18-16(19)23/h2-8,21H,1H3,(H,18,23). The minimum atomic E-state index is -0.762. The quantitative estimate of drug-likeness (QED) is 0.424. The lowest BCUT2D eigenvalue weighted by atomic mass is 10.1. The molecular formula is C16H12N4O5. The van der Waals surface area contributed by atoms with Crippen LogP contribution >= 0.6 is 0 Å². The summed E-state index contributed by atoms with van der Waals surface area (Å²) in [6, 6.07) is 8.76. The maximum absolute atomic E-state index is 12.4. The normalized spacial score (nSPS) is 11.2. The third-order valence-corrected chi connectivity index (χ3v) is 3.62. The topological polar surface area (TPSA) is 131 Å². The smallest absolute Gasteiger partial charge is 0.349 e. The van der Waals surface area contributed by atoms with Crippen LogP contribution in [-0.4, -0.2) is 25.9 Å². The second-order valence-electron chi connectivity index (χ2n) is 5.29. The number of phenols is 1. The number of fused-ring (bicyclic) bond motifs is 1. The van der Waals surface area contributed by atoms with Crippen molar-refractivity contribution in [2.75, 3.05) is 0 Å². The summed E-state index contributed by atoms with van der Waals surface area (Å²) >= 11 is 0. The minimum absolute atomic E-state index is 0.0196. The SMILES string of the molecule is Cc1cc([N+](=O)[O-])cc(C=Nn2c(=O)[nH]c3ccccc3c2=O)c1O. The number of nitro benzene ring substituents is 1. The first kappa shape index (κ1) is 16.1. The predicted molar refractivity (Wildman–Crippen MR) is 91.3 cm³/mol. The van der Waals surface area contributed by atoms with Crippen LogP contribution in [0, 0.1) is 17.0 Å². The molecule has 0 atom stereocenters. The first-order chi connectivity index (χ1) is 11.9. The van der Waals surface area contributed by atoms with Gasteiger partial charge < -0.3 is 10.1 Å². The van der Waals surface area contributed by atoms with Crippen LogP contribution < -0.4 is 11.2 Å². The van der Waals surface area contributed by atoms with Crippen LogP contribution in [0.25, 0.3) is 10.9 Å². The number of para-hydroxylation sites is 1. The second kappa shape index (κ2) is 6.04. The zero-order valence-corrected chi connectivity index (χ0v) is 13.0. The van der Waals surface area contributed by atoms with E-state index >= 15 is 0 Å². The van der Waals surface area contributed by atoms with Gasteiger partial charge in [-0.15, -0.1) is 4.68 Å². The average Bonchev–Trinajstić information content (AvgIpc) is 2.57. The third kappa shape index (κ3) is 2.90. The molecule has 0 amide bonds. The number of aromatic nitrogens is 2. The minimum Gasteiger partial charge on any atom is -0.507 e. The number of hydrogen-bond acceptors (Lipinski definition) is 6. The summed E-state index contributed by atoms with van der Waals surface area (Å²) in [7, 11) is 0. The van der Waals surface area contributed by atoms with Gasteiger partial charge >= 0.3 is 5.69 Å². The van der Waals surface area contributed by atoms with Crippen molar-refractivity contribution < 1.29 is 10.0 Å². The van der Waals surface area contributed by atoms with Gasteiger partial charge in [-0.05, 0) is 24.6 Å².